The first-order valence-corrected chi connectivity index (χ1v) is 7.91. The summed E-state index contributed by atoms with van der Waals surface area (Å²) in [7, 11) is -0.487. The number of anilines is 1. The van der Waals surface area contributed by atoms with E-state index in [1.165, 1.54) is 17.5 Å². The molecule has 0 bridgehead atoms. The zero-order valence-electron chi connectivity index (χ0n) is 12.2. The molecule has 0 spiro atoms. The Morgan fingerprint density at radius 2 is 2.00 bits per heavy atom. The lowest BCUT2D eigenvalue weighted by Gasteiger charge is -2.18. The van der Waals surface area contributed by atoms with Gasteiger partial charge >= 0.3 is 0 Å². The lowest BCUT2D eigenvalue weighted by Crippen LogP contribution is -2.28. The fraction of sp³-hybridized carbons (Fsp3) is 0.286. The maximum Gasteiger partial charge on any atom is 0.262 e. The van der Waals surface area contributed by atoms with Gasteiger partial charge in [-0.15, -0.1) is 0 Å². The molecule has 0 saturated carbocycles. The molecule has 0 amide bonds. The van der Waals surface area contributed by atoms with E-state index in [1.54, 1.807) is 25.2 Å². The van der Waals surface area contributed by atoms with Crippen LogP contribution >= 0.6 is 0 Å². The maximum atomic E-state index is 12.6. The van der Waals surface area contributed by atoms with Gasteiger partial charge in [-0.2, -0.15) is 4.31 Å². The molecule has 0 atom stereocenters. The van der Waals surface area contributed by atoms with Crippen LogP contribution in [0.5, 0.6) is 0 Å². The van der Waals surface area contributed by atoms with E-state index >= 15 is 0 Å². The van der Waals surface area contributed by atoms with E-state index in [1.807, 2.05) is 19.1 Å². The van der Waals surface area contributed by atoms with Crippen molar-refractivity contribution in [1.82, 2.24) is 14.3 Å². The third kappa shape index (κ3) is 3.37. The van der Waals surface area contributed by atoms with E-state index in [-0.39, 0.29) is 11.6 Å². The second kappa shape index (κ2) is 6.19. The first kappa shape index (κ1) is 15.4. The molecule has 0 aliphatic heterocycles. The minimum absolute atomic E-state index is 0.0163. The summed E-state index contributed by atoms with van der Waals surface area (Å²) in [5.74, 6) is 0. The van der Waals surface area contributed by atoms with Crippen LogP contribution in [0.1, 0.15) is 11.4 Å². The van der Waals surface area contributed by atoms with Crippen LogP contribution in [0, 0.1) is 6.92 Å². The molecule has 0 saturated heterocycles. The number of hydrogen-bond acceptors (Lipinski definition) is 5. The van der Waals surface area contributed by atoms with Crippen LogP contribution in [0.2, 0.25) is 0 Å². The highest BCUT2D eigenvalue weighted by molar-refractivity contribution is 7.89. The average molecular weight is 306 g/mol. The fourth-order valence-electron chi connectivity index (χ4n) is 1.93. The summed E-state index contributed by atoms with van der Waals surface area (Å²) in [5, 5.41) is 2.86. The molecule has 21 heavy (non-hydrogen) atoms. The molecule has 2 rings (SSSR count). The van der Waals surface area contributed by atoms with Crippen molar-refractivity contribution < 1.29 is 8.42 Å². The fourth-order valence-corrected chi connectivity index (χ4v) is 3.17. The lowest BCUT2D eigenvalue weighted by molar-refractivity contribution is 0.459. The Labute approximate surface area is 124 Å². The number of aromatic nitrogens is 2. The minimum atomic E-state index is -3.67. The van der Waals surface area contributed by atoms with Gasteiger partial charge in [0, 0.05) is 26.0 Å². The molecule has 6 nitrogen and oxygen atoms in total. The van der Waals surface area contributed by atoms with Crippen molar-refractivity contribution in [1.29, 1.82) is 0 Å². The number of rotatable bonds is 5. The summed E-state index contributed by atoms with van der Waals surface area (Å²) in [6, 6.07) is 8.90. The van der Waals surface area contributed by atoms with E-state index < -0.39 is 10.0 Å². The van der Waals surface area contributed by atoms with Crippen LogP contribution in [-0.4, -0.2) is 36.8 Å². The topological polar surface area (TPSA) is 75.2 Å². The number of aryl methyl sites for hydroxylation is 1. The molecule has 0 radical (unpaired) electrons. The molecular weight excluding hydrogens is 288 g/mol. The molecule has 1 N–H and O–H groups in total. The summed E-state index contributed by atoms with van der Waals surface area (Å²) in [6.45, 7) is 2.07. The van der Waals surface area contributed by atoms with Gasteiger partial charge in [-0.05, 0) is 31.2 Å². The number of nitrogens with one attached hydrogen (secondary N) is 1. The van der Waals surface area contributed by atoms with E-state index in [9.17, 15) is 8.42 Å². The van der Waals surface area contributed by atoms with E-state index in [2.05, 4.69) is 15.3 Å². The predicted molar refractivity (Wildman–Crippen MR) is 81.4 cm³/mol. The molecule has 2 aromatic heterocycles. The molecule has 7 heteroatoms. The zero-order valence-corrected chi connectivity index (χ0v) is 13.1. The van der Waals surface area contributed by atoms with Crippen molar-refractivity contribution in [3.63, 3.8) is 0 Å². The highest BCUT2D eigenvalue weighted by atomic mass is 32.2. The Bertz CT molecular complexity index is 731. The zero-order chi connectivity index (χ0) is 15.5. The van der Waals surface area contributed by atoms with Gasteiger partial charge in [0.1, 0.15) is 0 Å². The van der Waals surface area contributed by atoms with Gasteiger partial charge in [0.15, 0.2) is 5.03 Å². The summed E-state index contributed by atoms with van der Waals surface area (Å²) in [5.41, 5.74) is 2.02. The SMILES string of the molecule is CNc1cccnc1S(=O)(=O)N(C)Cc1cccc(C)n1. The monoisotopic (exact) mass is 306 g/mol. The van der Waals surface area contributed by atoms with Crippen LogP contribution in [0.25, 0.3) is 0 Å². The molecule has 112 valence electrons. The second-order valence-corrected chi connectivity index (χ2v) is 6.60. The third-order valence-corrected chi connectivity index (χ3v) is 4.79. The lowest BCUT2D eigenvalue weighted by atomic mass is 10.3. The molecule has 0 unspecified atom stereocenters. The highest BCUT2D eigenvalue weighted by Crippen LogP contribution is 2.21. The van der Waals surface area contributed by atoms with E-state index in [4.69, 9.17) is 0 Å². The van der Waals surface area contributed by atoms with Crippen molar-refractivity contribution >= 4 is 15.7 Å². The van der Waals surface area contributed by atoms with Crippen molar-refractivity contribution in [2.75, 3.05) is 19.4 Å². The van der Waals surface area contributed by atoms with Crippen molar-refractivity contribution in [2.45, 2.75) is 18.5 Å². The Hall–Kier alpha value is -1.99. The minimum Gasteiger partial charge on any atom is -0.386 e. The number of sulfonamides is 1. The second-order valence-electron chi connectivity index (χ2n) is 4.64. The summed E-state index contributed by atoms with van der Waals surface area (Å²) >= 11 is 0. The maximum absolute atomic E-state index is 12.6. The van der Waals surface area contributed by atoms with Crippen LogP contribution in [0.15, 0.2) is 41.6 Å². The molecule has 0 aliphatic carbocycles. The molecule has 0 aromatic carbocycles. The standard InChI is InChI=1S/C14H18N4O2S/c1-11-6-4-7-12(17-11)10-18(3)21(19,20)14-13(15-2)8-5-9-16-14/h4-9,15H,10H2,1-3H3. The van der Waals surface area contributed by atoms with Crippen LogP contribution in [0.3, 0.4) is 0 Å². The van der Waals surface area contributed by atoms with Crippen molar-refractivity contribution in [3.05, 3.63) is 47.9 Å². The molecular formula is C14H18N4O2S. The Balaban J connectivity index is 2.31. The van der Waals surface area contributed by atoms with Gasteiger partial charge in [-0.3, -0.25) is 4.98 Å². The van der Waals surface area contributed by atoms with Crippen LogP contribution < -0.4 is 5.32 Å². The summed E-state index contributed by atoms with van der Waals surface area (Å²) in [4.78, 5) is 8.31. The molecule has 2 heterocycles. The normalized spacial score (nSPS) is 11.6. The highest BCUT2D eigenvalue weighted by Gasteiger charge is 2.25. The van der Waals surface area contributed by atoms with Gasteiger partial charge in [0.25, 0.3) is 10.0 Å². The average Bonchev–Trinajstić information content (AvgIpc) is 2.47. The predicted octanol–water partition coefficient (Wildman–Crippen LogP) is 1.65. The van der Waals surface area contributed by atoms with Gasteiger partial charge in [0.05, 0.1) is 17.9 Å². The van der Waals surface area contributed by atoms with Crippen LogP contribution in [-0.2, 0) is 16.6 Å². The smallest absolute Gasteiger partial charge is 0.262 e. The Morgan fingerprint density at radius 3 is 2.67 bits per heavy atom. The van der Waals surface area contributed by atoms with E-state index in [0.29, 0.717) is 11.4 Å². The van der Waals surface area contributed by atoms with Crippen molar-refractivity contribution in [2.24, 2.45) is 0 Å². The van der Waals surface area contributed by atoms with E-state index in [0.717, 1.165) is 5.69 Å². The van der Waals surface area contributed by atoms with Gasteiger partial charge < -0.3 is 5.32 Å². The number of pyridine rings is 2. The molecule has 0 aliphatic rings. The number of hydrogen-bond donors (Lipinski definition) is 1. The first-order valence-electron chi connectivity index (χ1n) is 6.47. The quantitative estimate of drug-likeness (QED) is 0.909. The summed E-state index contributed by atoms with van der Waals surface area (Å²) in [6.07, 6.45) is 1.46. The third-order valence-electron chi connectivity index (χ3n) is 3.03. The van der Waals surface area contributed by atoms with Crippen molar-refractivity contribution in [3.8, 4) is 0 Å². The Kier molecular flexibility index (Phi) is 4.54. The first-order chi connectivity index (χ1) is 9.95. The largest absolute Gasteiger partial charge is 0.386 e. The Morgan fingerprint density at radius 1 is 1.24 bits per heavy atom. The van der Waals surface area contributed by atoms with Gasteiger partial charge in [-0.1, -0.05) is 6.07 Å². The molecule has 0 fully saturated rings. The van der Waals surface area contributed by atoms with Gasteiger partial charge in [0.2, 0.25) is 0 Å². The molecule has 2 aromatic rings. The summed E-state index contributed by atoms with van der Waals surface area (Å²) < 4.78 is 26.4. The van der Waals surface area contributed by atoms with Gasteiger partial charge in [-0.25, -0.2) is 13.4 Å². The number of nitrogens with zero attached hydrogens (tertiary/aromatic N) is 3. The van der Waals surface area contributed by atoms with Crippen LogP contribution in [0.4, 0.5) is 5.69 Å².